The van der Waals surface area contributed by atoms with Crippen LogP contribution in [-0.2, 0) is 11.3 Å². The molecule has 3 heteroatoms. The molecular weight excluding hydrogens is 176 g/mol. The molecule has 0 bridgehead atoms. The van der Waals surface area contributed by atoms with Crippen LogP contribution in [0.4, 0.5) is 0 Å². The van der Waals surface area contributed by atoms with Crippen molar-refractivity contribution in [2.75, 3.05) is 13.7 Å². The number of hydrogen-bond acceptors (Lipinski definition) is 2. The first-order valence-corrected chi connectivity index (χ1v) is 4.79. The maximum absolute atomic E-state index is 5.03. The third-order valence-electron chi connectivity index (χ3n) is 2.32. The Hall–Kier alpha value is -1.35. The Morgan fingerprint density at radius 2 is 2.36 bits per heavy atom. The van der Waals surface area contributed by atoms with Gasteiger partial charge in [0.25, 0.3) is 0 Å². The monoisotopic (exact) mass is 190 g/mol. The van der Waals surface area contributed by atoms with Gasteiger partial charge in [-0.15, -0.1) is 0 Å². The number of aromatic nitrogens is 2. The van der Waals surface area contributed by atoms with Gasteiger partial charge in [-0.1, -0.05) is 0 Å². The van der Waals surface area contributed by atoms with Crippen LogP contribution in [0.1, 0.15) is 6.42 Å². The molecule has 0 saturated carbocycles. The molecule has 0 spiro atoms. The molecule has 0 amide bonds. The largest absolute Gasteiger partial charge is 0.385 e. The smallest absolute Gasteiger partial charge is 0.0511 e. The molecule has 0 aliphatic heterocycles. The molecule has 0 aliphatic rings. The minimum absolute atomic E-state index is 0.810. The number of pyridine rings is 1. The Labute approximate surface area is 83.3 Å². The normalized spacial score (nSPS) is 10.9. The van der Waals surface area contributed by atoms with Gasteiger partial charge in [-0.2, -0.15) is 0 Å². The molecule has 2 heterocycles. The van der Waals surface area contributed by atoms with E-state index in [4.69, 9.17) is 4.74 Å². The van der Waals surface area contributed by atoms with Crippen LogP contribution in [0, 0.1) is 0 Å². The molecule has 0 atom stereocenters. The summed E-state index contributed by atoms with van der Waals surface area (Å²) in [6.45, 7) is 1.81. The van der Waals surface area contributed by atoms with Gasteiger partial charge in [-0.25, -0.2) is 0 Å². The van der Waals surface area contributed by atoms with Crippen LogP contribution in [0.3, 0.4) is 0 Å². The Bertz CT molecular complexity index is 408. The lowest BCUT2D eigenvalue weighted by Crippen LogP contribution is -1.99. The second-order valence-electron chi connectivity index (χ2n) is 3.29. The first kappa shape index (κ1) is 9.21. The predicted molar refractivity (Wildman–Crippen MR) is 56.2 cm³/mol. The summed E-state index contributed by atoms with van der Waals surface area (Å²) in [5.74, 6) is 0. The Morgan fingerprint density at radius 3 is 3.21 bits per heavy atom. The molecule has 2 aromatic heterocycles. The van der Waals surface area contributed by atoms with E-state index in [9.17, 15) is 0 Å². The van der Waals surface area contributed by atoms with Crippen LogP contribution in [0.5, 0.6) is 0 Å². The maximum atomic E-state index is 5.03. The van der Waals surface area contributed by atoms with Crippen LogP contribution in [0.25, 0.3) is 10.9 Å². The summed E-state index contributed by atoms with van der Waals surface area (Å²) in [5.41, 5.74) is 1.25. The van der Waals surface area contributed by atoms with Crippen molar-refractivity contribution in [3.8, 4) is 0 Å². The predicted octanol–water partition coefficient (Wildman–Crippen LogP) is 2.07. The second-order valence-corrected chi connectivity index (χ2v) is 3.29. The Morgan fingerprint density at radius 1 is 1.43 bits per heavy atom. The topological polar surface area (TPSA) is 27.1 Å². The number of hydrogen-bond donors (Lipinski definition) is 0. The van der Waals surface area contributed by atoms with Gasteiger partial charge in [0.1, 0.15) is 0 Å². The van der Waals surface area contributed by atoms with E-state index in [0.717, 1.165) is 19.6 Å². The second kappa shape index (κ2) is 4.24. The van der Waals surface area contributed by atoms with Crippen molar-refractivity contribution < 1.29 is 4.74 Å². The third kappa shape index (κ3) is 1.77. The number of rotatable bonds is 4. The van der Waals surface area contributed by atoms with Crippen molar-refractivity contribution in [1.29, 1.82) is 0 Å². The minimum Gasteiger partial charge on any atom is -0.385 e. The minimum atomic E-state index is 0.810. The van der Waals surface area contributed by atoms with Crippen molar-refractivity contribution in [1.82, 2.24) is 9.55 Å². The van der Waals surface area contributed by atoms with Gasteiger partial charge in [-0.3, -0.25) is 4.98 Å². The fourth-order valence-electron chi connectivity index (χ4n) is 1.61. The van der Waals surface area contributed by atoms with Gasteiger partial charge in [0.05, 0.1) is 5.52 Å². The zero-order chi connectivity index (χ0) is 9.80. The highest BCUT2D eigenvalue weighted by Crippen LogP contribution is 2.13. The average Bonchev–Trinajstić information content (AvgIpc) is 2.63. The highest BCUT2D eigenvalue weighted by molar-refractivity contribution is 5.78. The van der Waals surface area contributed by atoms with Crippen molar-refractivity contribution in [3.63, 3.8) is 0 Å². The lowest BCUT2D eigenvalue weighted by Gasteiger charge is -2.03. The highest BCUT2D eigenvalue weighted by atomic mass is 16.5. The summed E-state index contributed by atoms with van der Waals surface area (Å²) < 4.78 is 7.26. The fourth-order valence-corrected chi connectivity index (χ4v) is 1.61. The summed E-state index contributed by atoms with van der Waals surface area (Å²) in [5, 5.41) is 1.20. The molecule has 0 aliphatic carbocycles. The summed E-state index contributed by atoms with van der Waals surface area (Å²) in [6, 6.07) is 4.14. The van der Waals surface area contributed by atoms with Crippen LogP contribution < -0.4 is 0 Å². The first-order chi connectivity index (χ1) is 6.92. The van der Waals surface area contributed by atoms with E-state index < -0.39 is 0 Å². The lowest BCUT2D eigenvalue weighted by molar-refractivity contribution is 0.190. The third-order valence-corrected chi connectivity index (χ3v) is 2.32. The van der Waals surface area contributed by atoms with E-state index in [-0.39, 0.29) is 0 Å². The quantitative estimate of drug-likeness (QED) is 0.690. The summed E-state index contributed by atoms with van der Waals surface area (Å²) in [6.07, 6.45) is 6.86. The van der Waals surface area contributed by atoms with Gasteiger partial charge < -0.3 is 9.30 Å². The SMILES string of the molecule is COCCCn1ccc2cnccc21. The molecule has 0 radical (unpaired) electrons. The lowest BCUT2D eigenvalue weighted by atomic mass is 10.3. The van der Waals surface area contributed by atoms with Crippen LogP contribution in [0.15, 0.2) is 30.7 Å². The number of methoxy groups -OCH3 is 1. The van der Waals surface area contributed by atoms with Crippen LogP contribution in [-0.4, -0.2) is 23.3 Å². The van der Waals surface area contributed by atoms with Crippen molar-refractivity contribution >= 4 is 10.9 Å². The van der Waals surface area contributed by atoms with Gasteiger partial charge in [0.2, 0.25) is 0 Å². The molecule has 0 unspecified atom stereocenters. The highest BCUT2D eigenvalue weighted by Gasteiger charge is 1.98. The number of aryl methyl sites for hydroxylation is 1. The van der Waals surface area contributed by atoms with Gasteiger partial charge in [0, 0.05) is 44.2 Å². The van der Waals surface area contributed by atoms with Crippen LogP contribution >= 0.6 is 0 Å². The molecule has 0 N–H and O–H groups in total. The molecule has 0 aromatic carbocycles. The number of nitrogens with zero attached hydrogens (tertiary/aromatic N) is 2. The van der Waals surface area contributed by atoms with Crippen molar-refractivity contribution in [2.24, 2.45) is 0 Å². The summed E-state index contributed by atoms with van der Waals surface area (Å²) in [4.78, 5) is 4.08. The van der Waals surface area contributed by atoms with Gasteiger partial charge >= 0.3 is 0 Å². The summed E-state index contributed by atoms with van der Waals surface area (Å²) in [7, 11) is 1.73. The standard InChI is InChI=1S/C11H14N2O/c1-14-8-2-6-13-7-4-10-9-12-5-3-11(10)13/h3-5,7,9H,2,6,8H2,1H3. The molecule has 2 aromatic rings. The molecule has 2 rings (SSSR count). The fraction of sp³-hybridized carbons (Fsp3) is 0.364. The van der Waals surface area contributed by atoms with E-state index in [0.29, 0.717) is 0 Å². The van der Waals surface area contributed by atoms with Gasteiger partial charge in [-0.05, 0) is 18.6 Å². The van der Waals surface area contributed by atoms with E-state index >= 15 is 0 Å². The molecule has 3 nitrogen and oxygen atoms in total. The van der Waals surface area contributed by atoms with Crippen LogP contribution in [0.2, 0.25) is 0 Å². The Balaban J connectivity index is 2.17. The van der Waals surface area contributed by atoms with E-state index in [1.807, 2.05) is 18.5 Å². The molecule has 74 valence electrons. The maximum Gasteiger partial charge on any atom is 0.0511 e. The Kier molecular flexibility index (Phi) is 2.79. The average molecular weight is 190 g/mol. The molecule has 14 heavy (non-hydrogen) atoms. The molecule has 0 saturated heterocycles. The zero-order valence-corrected chi connectivity index (χ0v) is 8.31. The number of fused-ring (bicyclic) bond motifs is 1. The zero-order valence-electron chi connectivity index (χ0n) is 8.31. The van der Waals surface area contributed by atoms with Gasteiger partial charge in [0.15, 0.2) is 0 Å². The van der Waals surface area contributed by atoms with E-state index in [1.165, 1.54) is 10.9 Å². The molecular formula is C11H14N2O. The molecule has 0 fully saturated rings. The number of ether oxygens (including phenoxy) is 1. The van der Waals surface area contributed by atoms with Crippen molar-refractivity contribution in [3.05, 3.63) is 30.7 Å². The van der Waals surface area contributed by atoms with E-state index in [1.54, 1.807) is 7.11 Å². The summed E-state index contributed by atoms with van der Waals surface area (Å²) >= 11 is 0. The van der Waals surface area contributed by atoms with Crippen molar-refractivity contribution in [2.45, 2.75) is 13.0 Å². The van der Waals surface area contributed by atoms with E-state index in [2.05, 4.69) is 21.8 Å². The first-order valence-electron chi connectivity index (χ1n) is 4.79.